The van der Waals surface area contributed by atoms with Crippen LogP contribution < -0.4 is 0 Å². The number of benzene rings is 2. The van der Waals surface area contributed by atoms with Gasteiger partial charge < -0.3 is 0 Å². The molecule has 2 aromatic rings. The molecule has 0 aliphatic rings. The van der Waals surface area contributed by atoms with Crippen molar-refractivity contribution in [2.45, 2.75) is 18.7 Å². The monoisotopic (exact) mass is 326 g/mol. The molecule has 0 saturated heterocycles. The summed E-state index contributed by atoms with van der Waals surface area (Å²) in [4.78, 5) is 0.0243. The zero-order valence-electron chi connectivity index (χ0n) is 10.2. The van der Waals surface area contributed by atoms with E-state index >= 15 is 0 Å². The van der Waals surface area contributed by atoms with Crippen LogP contribution in [0.15, 0.2) is 36.4 Å². The van der Waals surface area contributed by atoms with E-state index in [1.54, 1.807) is 12.1 Å². The summed E-state index contributed by atoms with van der Waals surface area (Å²) in [6, 6.07) is 11.1. The van der Waals surface area contributed by atoms with Crippen LogP contribution >= 0.6 is 27.5 Å². The summed E-state index contributed by atoms with van der Waals surface area (Å²) >= 11 is 9.46. The van der Waals surface area contributed by atoms with Gasteiger partial charge in [-0.25, -0.2) is 4.39 Å². The number of hydrogen-bond acceptors (Lipinski definition) is 0. The van der Waals surface area contributed by atoms with Crippen molar-refractivity contribution < 1.29 is 4.39 Å². The van der Waals surface area contributed by atoms with E-state index in [1.807, 2.05) is 0 Å². The van der Waals surface area contributed by atoms with Crippen LogP contribution in [-0.4, -0.2) is 0 Å². The molecule has 0 aromatic heterocycles. The lowest BCUT2D eigenvalue weighted by atomic mass is 9.99. The summed E-state index contributed by atoms with van der Waals surface area (Å²) in [5.41, 5.74) is 4.56. The van der Waals surface area contributed by atoms with Gasteiger partial charge in [0, 0.05) is 0 Å². The smallest absolute Gasteiger partial charge is 0.141 e. The standard InChI is InChI=1S/C15H13BrClF/c1-9-3-5-12(10(2)7-9)15(16)11-4-6-14(18)13(17)8-11/h3-8,15H,1-2H3. The highest BCUT2D eigenvalue weighted by Gasteiger charge is 2.14. The number of aryl methyl sites for hydroxylation is 2. The van der Waals surface area contributed by atoms with Crippen LogP contribution in [0.1, 0.15) is 27.1 Å². The van der Waals surface area contributed by atoms with Gasteiger partial charge in [-0.3, -0.25) is 0 Å². The molecule has 2 aromatic carbocycles. The second-order valence-corrected chi connectivity index (χ2v) is 5.72. The predicted octanol–water partition coefficient (Wildman–Crippen LogP) is 5.58. The van der Waals surface area contributed by atoms with Gasteiger partial charge in [0.05, 0.1) is 9.85 Å². The van der Waals surface area contributed by atoms with Crippen LogP contribution in [0.2, 0.25) is 5.02 Å². The van der Waals surface area contributed by atoms with Gasteiger partial charge >= 0.3 is 0 Å². The Labute approximate surface area is 120 Å². The van der Waals surface area contributed by atoms with Crippen LogP contribution in [0.3, 0.4) is 0 Å². The second kappa shape index (κ2) is 5.41. The third kappa shape index (κ3) is 2.76. The van der Waals surface area contributed by atoms with Gasteiger partial charge in [0.15, 0.2) is 0 Å². The van der Waals surface area contributed by atoms with Crippen molar-refractivity contribution in [1.29, 1.82) is 0 Å². The summed E-state index contributed by atoms with van der Waals surface area (Å²) in [5, 5.41) is 0.154. The quantitative estimate of drug-likeness (QED) is 0.632. The van der Waals surface area contributed by atoms with E-state index in [4.69, 9.17) is 11.6 Å². The number of hydrogen-bond donors (Lipinski definition) is 0. The Bertz CT molecular complexity index is 581. The molecule has 0 bridgehead atoms. The Morgan fingerprint density at radius 3 is 2.44 bits per heavy atom. The molecule has 0 aliphatic heterocycles. The van der Waals surface area contributed by atoms with Crippen LogP contribution in [-0.2, 0) is 0 Å². The van der Waals surface area contributed by atoms with Crippen molar-refractivity contribution in [3.05, 3.63) is 69.5 Å². The second-order valence-electron chi connectivity index (χ2n) is 4.40. The molecule has 1 unspecified atom stereocenters. The third-order valence-electron chi connectivity index (χ3n) is 2.93. The first-order valence-corrected chi connectivity index (χ1v) is 6.94. The molecule has 0 saturated carbocycles. The minimum atomic E-state index is -0.388. The Balaban J connectivity index is 2.41. The zero-order chi connectivity index (χ0) is 13.3. The maximum atomic E-state index is 13.1. The van der Waals surface area contributed by atoms with E-state index in [1.165, 1.54) is 22.8 Å². The van der Waals surface area contributed by atoms with Gasteiger partial charge in [0.2, 0.25) is 0 Å². The lowest BCUT2D eigenvalue weighted by Gasteiger charge is -2.14. The summed E-state index contributed by atoms with van der Waals surface area (Å²) in [7, 11) is 0. The molecular formula is C15H13BrClF. The molecule has 0 nitrogen and oxygen atoms in total. The molecule has 3 heteroatoms. The van der Waals surface area contributed by atoms with Gasteiger partial charge in [-0.1, -0.05) is 57.4 Å². The van der Waals surface area contributed by atoms with Crippen LogP contribution in [0.4, 0.5) is 4.39 Å². The lowest BCUT2D eigenvalue weighted by Crippen LogP contribution is -1.97. The highest BCUT2D eigenvalue weighted by Crippen LogP contribution is 2.34. The maximum Gasteiger partial charge on any atom is 0.141 e. The molecule has 2 rings (SSSR count). The van der Waals surface area contributed by atoms with E-state index in [0.29, 0.717) is 0 Å². The Morgan fingerprint density at radius 1 is 1.11 bits per heavy atom. The van der Waals surface area contributed by atoms with Gasteiger partial charge in [0.1, 0.15) is 5.82 Å². The van der Waals surface area contributed by atoms with Crippen LogP contribution in [0.25, 0.3) is 0 Å². The van der Waals surface area contributed by atoms with Crippen LogP contribution in [0, 0.1) is 19.7 Å². The van der Waals surface area contributed by atoms with Crippen molar-refractivity contribution in [2.75, 3.05) is 0 Å². The fraction of sp³-hybridized carbons (Fsp3) is 0.200. The van der Waals surface area contributed by atoms with Crippen molar-refractivity contribution in [2.24, 2.45) is 0 Å². The topological polar surface area (TPSA) is 0 Å². The summed E-state index contributed by atoms with van der Waals surface area (Å²) < 4.78 is 13.1. The average Bonchev–Trinajstić information content (AvgIpc) is 2.32. The normalized spacial score (nSPS) is 12.5. The van der Waals surface area contributed by atoms with Gasteiger partial charge in [-0.05, 0) is 42.7 Å². The average molecular weight is 328 g/mol. The minimum absolute atomic E-state index is 0.0243. The van der Waals surface area contributed by atoms with Gasteiger partial charge in [-0.15, -0.1) is 0 Å². The highest BCUT2D eigenvalue weighted by molar-refractivity contribution is 9.09. The van der Waals surface area contributed by atoms with Crippen molar-refractivity contribution >= 4 is 27.5 Å². The van der Waals surface area contributed by atoms with E-state index in [2.05, 4.69) is 48.0 Å². The molecule has 94 valence electrons. The molecule has 0 N–H and O–H groups in total. The summed E-state index contributed by atoms with van der Waals surface area (Å²) in [6.07, 6.45) is 0. The van der Waals surface area contributed by atoms with Gasteiger partial charge in [0.25, 0.3) is 0 Å². The number of alkyl halides is 1. The largest absolute Gasteiger partial charge is 0.205 e. The van der Waals surface area contributed by atoms with E-state index in [0.717, 1.165) is 5.56 Å². The first-order valence-electron chi connectivity index (χ1n) is 5.65. The van der Waals surface area contributed by atoms with E-state index in [9.17, 15) is 4.39 Å². The Kier molecular flexibility index (Phi) is 4.08. The molecule has 0 aliphatic carbocycles. The highest BCUT2D eigenvalue weighted by atomic mass is 79.9. The number of rotatable bonds is 2. The molecule has 18 heavy (non-hydrogen) atoms. The fourth-order valence-corrected chi connectivity index (χ4v) is 2.95. The number of halogens is 3. The molecular weight excluding hydrogens is 315 g/mol. The molecule has 0 fully saturated rings. The maximum absolute atomic E-state index is 13.1. The first kappa shape index (κ1) is 13.6. The minimum Gasteiger partial charge on any atom is -0.205 e. The molecule has 0 spiro atoms. The first-order chi connectivity index (χ1) is 8.49. The van der Waals surface area contributed by atoms with E-state index < -0.39 is 0 Å². The predicted molar refractivity (Wildman–Crippen MR) is 78.1 cm³/mol. The lowest BCUT2D eigenvalue weighted by molar-refractivity contribution is 0.627. The summed E-state index contributed by atoms with van der Waals surface area (Å²) in [6.45, 7) is 4.14. The SMILES string of the molecule is Cc1ccc(C(Br)c2ccc(F)c(Cl)c2)c(C)c1. The summed E-state index contributed by atoms with van der Waals surface area (Å²) in [5.74, 6) is -0.388. The Hall–Kier alpha value is -0.860. The molecule has 0 radical (unpaired) electrons. The van der Waals surface area contributed by atoms with Crippen LogP contribution in [0.5, 0.6) is 0 Å². The zero-order valence-corrected chi connectivity index (χ0v) is 12.5. The van der Waals surface area contributed by atoms with Gasteiger partial charge in [-0.2, -0.15) is 0 Å². The molecule has 0 heterocycles. The van der Waals surface area contributed by atoms with Crippen molar-refractivity contribution in [3.63, 3.8) is 0 Å². The Morgan fingerprint density at radius 2 is 1.83 bits per heavy atom. The third-order valence-corrected chi connectivity index (χ3v) is 4.25. The molecule has 0 amide bonds. The fourth-order valence-electron chi connectivity index (χ4n) is 1.96. The van der Waals surface area contributed by atoms with Crippen molar-refractivity contribution in [1.82, 2.24) is 0 Å². The van der Waals surface area contributed by atoms with E-state index in [-0.39, 0.29) is 15.7 Å². The van der Waals surface area contributed by atoms with Crippen molar-refractivity contribution in [3.8, 4) is 0 Å². The molecule has 1 atom stereocenters.